The number of nitrogens with one attached hydrogen (secondary N) is 2. The van der Waals surface area contributed by atoms with E-state index < -0.39 is 0 Å². The van der Waals surface area contributed by atoms with Gasteiger partial charge in [-0.1, -0.05) is 40.2 Å². The van der Waals surface area contributed by atoms with Crippen LogP contribution in [-0.4, -0.2) is 50.8 Å². The number of guanidine groups is 1. The van der Waals surface area contributed by atoms with Crippen molar-refractivity contribution >= 4 is 45.9 Å². The van der Waals surface area contributed by atoms with E-state index in [9.17, 15) is 4.39 Å². The molecule has 1 heterocycles. The van der Waals surface area contributed by atoms with E-state index in [1.807, 2.05) is 24.3 Å². The average Bonchev–Trinajstić information content (AvgIpc) is 2.73. The van der Waals surface area contributed by atoms with Crippen LogP contribution < -0.4 is 10.6 Å². The molecule has 0 radical (unpaired) electrons. The van der Waals surface area contributed by atoms with Crippen LogP contribution in [0.5, 0.6) is 0 Å². The van der Waals surface area contributed by atoms with Crippen LogP contribution in [0.3, 0.4) is 0 Å². The molecule has 1 saturated heterocycles. The fourth-order valence-corrected chi connectivity index (χ4v) is 3.50. The Labute approximate surface area is 197 Å². The molecule has 2 aromatic rings. The van der Waals surface area contributed by atoms with Gasteiger partial charge in [-0.2, -0.15) is 0 Å². The summed E-state index contributed by atoms with van der Waals surface area (Å²) in [5.74, 6) is 0.521. The Bertz CT molecular complexity index is 767. The number of rotatable bonds is 6. The van der Waals surface area contributed by atoms with Gasteiger partial charge < -0.3 is 15.4 Å². The van der Waals surface area contributed by atoms with Crippen molar-refractivity contribution in [2.75, 3.05) is 39.9 Å². The maximum absolute atomic E-state index is 13.4. The first-order valence-corrected chi connectivity index (χ1v) is 10.2. The Hall–Kier alpha value is -1.23. The molecule has 2 aromatic carbocycles. The smallest absolute Gasteiger partial charge is 0.191 e. The number of aliphatic imine (C=N–C) groups is 1. The third-order valence-corrected chi connectivity index (χ3v) is 5.33. The van der Waals surface area contributed by atoms with Crippen molar-refractivity contribution in [1.82, 2.24) is 15.5 Å². The summed E-state index contributed by atoms with van der Waals surface area (Å²) < 4.78 is 19.9. The van der Waals surface area contributed by atoms with Gasteiger partial charge in [-0.25, -0.2) is 4.39 Å². The van der Waals surface area contributed by atoms with Crippen LogP contribution >= 0.6 is 39.9 Å². The maximum Gasteiger partial charge on any atom is 0.191 e. The average molecular weight is 577 g/mol. The first-order chi connectivity index (χ1) is 13.7. The van der Waals surface area contributed by atoms with E-state index in [0.29, 0.717) is 26.3 Å². The van der Waals surface area contributed by atoms with E-state index in [0.717, 1.165) is 29.1 Å². The Kier molecular flexibility index (Phi) is 10.3. The zero-order valence-corrected chi connectivity index (χ0v) is 20.3. The van der Waals surface area contributed by atoms with Crippen molar-refractivity contribution in [2.24, 2.45) is 4.99 Å². The lowest BCUT2D eigenvalue weighted by Crippen LogP contribution is -2.46. The molecule has 1 aliphatic heterocycles. The highest BCUT2D eigenvalue weighted by Crippen LogP contribution is 2.21. The van der Waals surface area contributed by atoms with Crippen LogP contribution in [0, 0.1) is 5.82 Å². The molecule has 1 fully saturated rings. The molecule has 0 saturated carbocycles. The molecule has 158 valence electrons. The highest BCUT2D eigenvalue weighted by atomic mass is 127. The first-order valence-electron chi connectivity index (χ1n) is 9.42. The third-order valence-electron chi connectivity index (χ3n) is 4.80. The molecular weight excluding hydrogens is 550 g/mol. The minimum atomic E-state index is -0.218. The second-order valence-corrected chi connectivity index (χ2v) is 7.56. The molecule has 0 aliphatic carbocycles. The number of nitrogens with zero attached hydrogens (tertiary/aromatic N) is 2. The maximum atomic E-state index is 13.4. The van der Waals surface area contributed by atoms with E-state index in [1.165, 1.54) is 17.7 Å². The molecule has 1 aliphatic rings. The SMILES string of the molecule is CN=C(NCc1ccc(Br)cc1)NCC(c1ccc(F)cc1)N1CCOCC1.I. The van der Waals surface area contributed by atoms with Gasteiger partial charge in [0.1, 0.15) is 5.82 Å². The number of hydrogen-bond donors (Lipinski definition) is 2. The quantitative estimate of drug-likeness (QED) is 0.311. The first kappa shape index (κ1) is 24.0. The number of halogens is 3. The summed E-state index contributed by atoms with van der Waals surface area (Å²) in [4.78, 5) is 6.69. The summed E-state index contributed by atoms with van der Waals surface area (Å²) in [5.41, 5.74) is 2.26. The Morgan fingerprint density at radius 2 is 1.76 bits per heavy atom. The van der Waals surface area contributed by atoms with Crippen LogP contribution in [-0.2, 0) is 11.3 Å². The minimum Gasteiger partial charge on any atom is -0.379 e. The number of hydrogen-bond acceptors (Lipinski definition) is 3. The predicted octanol–water partition coefficient (Wildman–Crippen LogP) is 3.94. The normalized spacial score (nSPS) is 16.0. The standard InChI is InChI=1S/C21H26BrFN4O.HI/c1-24-21(25-14-16-2-6-18(22)7-3-16)26-15-20(27-10-12-28-13-11-27)17-4-8-19(23)9-5-17;/h2-9,20H,10-15H2,1H3,(H2,24,25,26);1H. The summed E-state index contributed by atoms with van der Waals surface area (Å²) in [7, 11) is 1.76. The molecule has 2 N–H and O–H groups in total. The van der Waals surface area contributed by atoms with Gasteiger partial charge in [-0.15, -0.1) is 24.0 Å². The molecule has 0 bridgehead atoms. The Balaban J connectivity index is 0.00000300. The molecule has 0 amide bonds. The van der Waals surface area contributed by atoms with Crippen molar-refractivity contribution < 1.29 is 9.13 Å². The van der Waals surface area contributed by atoms with Crippen molar-refractivity contribution in [2.45, 2.75) is 12.6 Å². The topological polar surface area (TPSA) is 48.9 Å². The monoisotopic (exact) mass is 576 g/mol. The van der Waals surface area contributed by atoms with Gasteiger partial charge in [-0.3, -0.25) is 9.89 Å². The molecule has 3 rings (SSSR count). The Morgan fingerprint density at radius 3 is 2.38 bits per heavy atom. The van der Waals surface area contributed by atoms with Gasteiger partial charge in [0.05, 0.1) is 19.3 Å². The molecule has 1 unspecified atom stereocenters. The summed E-state index contributed by atoms with van der Waals surface area (Å²) in [5, 5.41) is 6.76. The molecule has 0 spiro atoms. The largest absolute Gasteiger partial charge is 0.379 e. The van der Waals surface area contributed by atoms with E-state index in [1.54, 1.807) is 7.05 Å². The second-order valence-electron chi connectivity index (χ2n) is 6.65. The van der Waals surface area contributed by atoms with Crippen molar-refractivity contribution in [3.8, 4) is 0 Å². The van der Waals surface area contributed by atoms with Crippen molar-refractivity contribution in [3.05, 3.63) is 69.9 Å². The van der Waals surface area contributed by atoms with Crippen LogP contribution in [0.2, 0.25) is 0 Å². The summed E-state index contributed by atoms with van der Waals surface area (Å²) in [6.07, 6.45) is 0. The second kappa shape index (κ2) is 12.5. The third kappa shape index (κ3) is 7.51. The fraction of sp³-hybridized carbons (Fsp3) is 0.381. The molecule has 1 atom stereocenters. The molecule has 8 heteroatoms. The highest BCUT2D eigenvalue weighted by Gasteiger charge is 2.23. The van der Waals surface area contributed by atoms with E-state index >= 15 is 0 Å². The highest BCUT2D eigenvalue weighted by molar-refractivity contribution is 14.0. The van der Waals surface area contributed by atoms with Gasteiger partial charge in [0.25, 0.3) is 0 Å². The number of ether oxygens (including phenoxy) is 1. The molecule has 5 nitrogen and oxygen atoms in total. The summed E-state index contributed by atoms with van der Waals surface area (Å²) in [6.45, 7) is 4.50. The van der Waals surface area contributed by atoms with Gasteiger partial charge in [0.15, 0.2) is 5.96 Å². The van der Waals surface area contributed by atoms with Gasteiger partial charge in [0.2, 0.25) is 0 Å². The van der Waals surface area contributed by atoms with E-state index in [2.05, 4.69) is 48.6 Å². The lowest BCUT2D eigenvalue weighted by atomic mass is 10.0. The molecule has 0 aromatic heterocycles. The molecular formula is C21H27BrFIN4O. The zero-order chi connectivity index (χ0) is 19.8. The van der Waals surface area contributed by atoms with Gasteiger partial charge in [-0.05, 0) is 35.4 Å². The van der Waals surface area contributed by atoms with Gasteiger partial charge in [0, 0.05) is 37.7 Å². The zero-order valence-electron chi connectivity index (χ0n) is 16.4. The van der Waals surface area contributed by atoms with Crippen molar-refractivity contribution in [1.29, 1.82) is 0 Å². The molecule has 29 heavy (non-hydrogen) atoms. The number of morpholine rings is 1. The summed E-state index contributed by atoms with van der Waals surface area (Å²) >= 11 is 3.45. The van der Waals surface area contributed by atoms with Crippen LogP contribution in [0.1, 0.15) is 17.2 Å². The lowest BCUT2D eigenvalue weighted by Gasteiger charge is -2.35. The van der Waals surface area contributed by atoms with Crippen LogP contribution in [0.25, 0.3) is 0 Å². The summed E-state index contributed by atoms with van der Waals surface area (Å²) in [6, 6.07) is 15.1. The van der Waals surface area contributed by atoms with Crippen molar-refractivity contribution in [3.63, 3.8) is 0 Å². The minimum absolute atomic E-state index is 0. The van der Waals surface area contributed by atoms with E-state index in [-0.39, 0.29) is 35.8 Å². The van der Waals surface area contributed by atoms with Gasteiger partial charge >= 0.3 is 0 Å². The Morgan fingerprint density at radius 1 is 1.10 bits per heavy atom. The fourth-order valence-electron chi connectivity index (χ4n) is 3.23. The number of benzene rings is 2. The predicted molar refractivity (Wildman–Crippen MR) is 129 cm³/mol. The van der Waals surface area contributed by atoms with Crippen LogP contribution in [0.15, 0.2) is 58.0 Å². The van der Waals surface area contributed by atoms with E-state index in [4.69, 9.17) is 4.74 Å². The van der Waals surface area contributed by atoms with Crippen LogP contribution in [0.4, 0.5) is 4.39 Å². The lowest BCUT2D eigenvalue weighted by molar-refractivity contribution is 0.0170.